The maximum absolute atomic E-state index is 11.9. The highest BCUT2D eigenvalue weighted by Gasteiger charge is 2.18. The van der Waals surface area contributed by atoms with Crippen LogP contribution in [0.25, 0.3) is 10.4 Å². The summed E-state index contributed by atoms with van der Waals surface area (Å²) >= 11 is 1.54. The van der Waals surface area contributed by atoms with Gasteiger partial charge >= 0.3 is 6.09 Å². The van der Waals surface area contributed by atoms with Crippen LogP contribution in [0.4, 0.5) is 9.80 Å². The molecule has 3 nitrogen and oxygen atoms in total. The minimum atomic E-state index is -0.506. The number of carbonyl (C=O) groups is 1. The van der Waals surface area contributed by atoms with Crippen molar-refractivity contribution in [1.82, 2.24) is 0 Å². The molecule has 0 atom stereocenters. The molecule has 1 N–H and O–H groups in total. The number of thiophene rings is 1. The van der Waals surface area contributed by atoms with Gasteiger partial charge in [-0.2, -0.15) is 0 Å². The van der Waals surface area contributed by atoms with Crippen molar-refractivity contribution >= 4 is 22.4 Å². The van der Waals surface area contributed by atoms with Gasteiger partial charge in [-0.1, -0.05) is 30.3 Å². The zero-order chi connectivity index (χ0) is 15.5. The summed E-state index contributed by atoms with van der Waals surface area (Å²) in [4.78, 5) is 13.0. The van der Waals surface area contributed by atoms with Gasteiger partial charge in [0.15, 0.2) is 0 Å². The molecule has 0 unspecified atom stereocenters. The summed E-state index contributed by atoms with van der Waals surface area (Å²) in [5, 5.41) is 3.63. The second-order valence-electron chi connectivity index (χ2n) is 5.71. The Hall–Kier alpha value is -1.81. The molecule has 1 aromatic carbocycles. The van der Waals surface area contributed by atoms with E-state index in [0.29, 0.717) is 6.42 Å². The normalized spacial score (nSPS) is 11.2. The van der Waals surface area contributed by atoms with E-state index in [1.54, 1.807) is 0 Å². The Labute approximate surface area is 130 Å². The van der Waals surface area contributed by atoms with Crippen LogP contribution in [-0.4, -0.2) is 11.7 Å². The number of rotatable bonds is 3. The summed E-state index contributed by atoms with van der Waals surface area (Å²) in [6.45, 7) is 9.46. The molecule has 0 aliphatic carbocycles. The van der Waals surface area contributed by atoms with Crippen LogP contribution in [0.15, 0.2) is 36.4 Å². The average Bonchev–Trinajstić information content (AvgIpc) is 2.80. The van der Waals surface area contributed by atoms with Crippen molar-refractivity contribution in [3.8, 4) is 10.4 Å². The maximum Gasteiger partial charge on any atom is 0.412 e. The Balaban J connectivity index is 2.20. The lowest BCUT2D eigenvalue weighted by atomic mass is 10.1. The van der Waals surface area contributed by atoms with Gasteiger partial charge in [-0.3, -0.25) is 5.32 Å². The van der Waals surface area contributed by atoms with Crippen molar-refractivity contribution in [2.24, 2.45) is 0 Å². The number of carbonyl (C=O) groups excluding carboxylic acids is 1. The second-order valence-corrected chi connectivity index (χ2v) is 6.76. The average molecular weight is 302 g/mol. The Morgan fingerprint density at radius 2 is 1.95 bits per heavy atom. The van der Waals surface area contributed by atoms with Crippen molar-refractivity contribution in [1.29, 1.82) is 0 Å². The molecule has 0 aliphatic rings. The Bertz CT molecular complexity index is 611. The van der Waals surface area contributed by atoms with E-state index in [1.807, 2.05) is 39.0 Å². The second kappa shape index (κ2) is 6.31. The number of ether oxygens (including phenoxy) is 1. The Morgan fingerprint density at radius 1 is 1.29 bits per heavy atom. The molecule has 0 saturated heterocycles. The molecule has 1 aromatic heterocycles. The van der Waals surface area contributed by atoms with E-state index in [1.165, 1.54) is 11.3 Å². The number of hydrogen-bond donors (Lipinski definition) is 1. The fourth-order valence-corrected chi connectivity index (χ4v) is 2.96. The molecular weight excluding hydrogens is 282 g/mol. The van der Waals surface area contributed by atoms with Crippen LogP contribution >= 0.6 is 11.3 Å². The van der Waals surface area contributed by atoms with Gasteiger partial charge in [-0.05, 0) is 51.3 Å². The lowest BCUT2D eigenvalue weighted by Gasteiger charge is -2.19. The van der Waals surface area contributed by atoms with Gasteiger partial charge in [0.25, 0.3) is 0 Å². The fraction of sp³-hybridized carbons (Fsp3) is 0.294. The molecule has 2 rings (SSSR count). The van der Waals surface area contributed by atoms with Gasteiger partial charge in [0.2, 0.25) is 0 Å². The van der Waals surface area contributed by atoms with E-state index < -0.39 is 11.7 Å². The van der Waals surface area contributed by atoms with E-state index >= 15 is 0 Å². The Kier molecular flexibility index (Phi) is 4.68. The number of nitrogens with one attached hydrogen (secondary N) is 1. The van der Waals surface area contributed by atoms with E-state index in [4.69, 9.17) is 4.74 Å². The first kappa shape index (κ1) is 15.6. The lowest BCUT2D eigenvalue weighted by Crippen LogP contribution is -2.27. The molecule has 1 amide bonds. The third-order valence-electron chi connectivity index (χ3n) is 2.75. The van der Waals surface area contributed by atoms with Crippen LogP contribution in [0, 0.1) is 6.92 Å². The fourth-order valence-electron chi connectivity index (χ4n) is 1.86. The van der Waals surface area contributed by atoms with E-state index in [0.717, 1.165) is 21.0 Å². The number of anilines is 1. The highest BCUT2D eigenvalue weighted by atomic mass is 32.1. The van der Waals surface area contributed by atoms with Crippen molar-refractivity contribution in [3.63, 3.8) is 0 Å². The van der Waals surface area contributed by atoms with Gasteiger partial charge in [0.1, 0.15) is 10.6 Å². The zero-order valence-corrected chi connectivity index (χ0v) is 13.4. The molecule has 0 aliphatic heterocycles. The quantitative estimate of drug-likeness (QED) is 0.852. The van der Waals surface area contributed by atoms with E-state index in [2.05, 4.69) is 30.4 Å². The lowest BCUT2D eigenvalue weighted by molar-refractivity contribution is 0.0636. The van der Waals surface area contributed by atoms with E-state index in [9.17, 15) is 4.79 Å². The molecule has 2 aromatic rings. The molecule has 21 heavy (non-hydrogen) atoms. The molecule has 0 saturated carbocycles. The molecular formula is C17H20NO2S. The van der Waals surface area contributed by atoms with Crippen molar-refractivity contribution in [2.75, 3.05) is 5.32 Å². The SMILES string of the molecule is [CH2]Cc1cc(-c2ccccc2)sc1NC(=O)OC(C)(C)C. The monoisotopic (exact) mass is 302 g/mol. The highest BCUT2D eigenvalue weighted by Crippen LogP contribution is 2.35. The molecule has 1 radical (unpaired) electrons. The van der Waals surface area contributed by atoms with Crippen LogP contribution in [0.5, 0.6) is 0 Å². The smallest absolute Gasteiger partial charge is 0.412 e. The van der Waals surface area contributed by atoms with Gasteiger partial charge in [-0.15, -0.1) is 11.3 Å². The minimum absolute atomic E-state index is 0.432. The predicted molar refractivity (Wildman–Crippen MR) is 88.7 cm³/mol. The first-order valence-electron chi connectivity index (χ1n) is 6.86. The van der Waals surface area contributed by atoms with Crippen molar-refractivity contribution in [2.45, 2.75) is 32.8 Å². The highest BCUT2D eigenvalue weighted by molar-refractivity contribution is 7.19. The van der Waals surface area contributed by atoms with Crippen LogP contribution < -0.4 is 5.32 Å². The molecule has 1 heterocycles. The summed E-state index contributed by atoms with van der Waals surface area (Å²) in [7, 11) is 0. The zero-order valence-electron chi connectivity index (χ0n) is 12.6. The van der Waals surface area contributed by atoms with Crippen LogP contribution in [0.2, 0.25) is 0 Å². The summed E-state index contributed by atoms with van der Waals surface area (Å²) < 4.78 is 5.29. The maximum atomic E-state index is 11.9. The molecule has 0 spiro atoms. The first-order chi connectivity index (χ1) is 9.89. The number of amides is 1. The van der Waals surface area contributed by atoms with Gasteiger partial charge in [0, 0.05) is 4.88 Å². The van der Waals surface area contributed by atoms with Gasteiger partial charge < -0.3 is 4.74 Å². The standard InChI is InChI=1S/C17H20NO2S/c1-5-12-11-14(13-9-7-6-8-10-13)21-15(12)18-16(19)20-17(2,3)4/h6-11H,1,5H2,2-4H3,(H,18,19). The minimum Gasteiger partial charge on any atom is -0.444 e. The number of hydrogen-bond acceptors (Lipinski definition) is 3. The summed E-state index contributed by atoms with van der Waals surface area (Å²) in [5.41, 5.74) is 1.65. The van der Waals surface area contributed by atoms with Gasteiger partial charge in [-0.25, -0.2) is 4.79 Å². The summed E-state index contributed by atoms with van der Waals surface area (Å²) in [5.74, 6) is 0. The first-order valence-corrected chi connectivity index (χ1v) is 7.68. The number of benzene rings is 1. The largest absolute Gasteiger partial charge is 0.444 e. The van der Waals surface area contributed by atoms with Crippen molar-refractivity contribution < 1.29 is 9.53 Å². The molecule has 4 heteroatoms. The predicted octanol–water partition coefficient (Wildman–Crippen LogP) is 5.14. The summed E-state index contributed by atoms with van der Waals surface area (Å²) in [6, 6.07) is 12.2. The van der Waals surface area contributed by atoms with E-state index in [-0.39, 0.29) is 0 Å². The molecule has 0 fully saturated rings. The topological polar surface area (TPSA) is 38.3 Å². The van der Waals surface area contributed by atoms with Crippen LogP contribution in [0.3, 0.4) is 0 Å². The molecule has 0 bridgehead atoms. The van der Waals surface area contributed by atoms with Gasteiger partial charge in [0.05, 0.1) is 0 Å². The third-order valence-corrected chi connectivity index (χ3v) is 3.89. The summed E-state index contributed by atoms with van der Waals surface area (Å²) in [6.07, 6.45) is 0.188. The third kappa shape index (κ3) is 4.33. The van der Waals surface area contributed by atoms with Crippen molar-refractivity contribution in [3.05, 3.63) is 48.9 Å². The Morgan fingerprint density at radius 3 is 2.52 bits per heavy atom. The molecule has 111 valence electrons. The van der Waals surface area contributed by atoms with Crippen LogP contribution in [-0.2, 0) is 11.2 Å². The van der Waals surface area contributed by atoms with Crippen LogP contribution in [0.1, 0.15) is 26.3 Å².